The lowest BCUT2D eigenvalue weighted by atomic mass is 10.0. The van der Waals surface area contributed by atoms with Crippen LogP contribution in [0.3, 0.4) is 0 Å². The molecule has 10 heteroatoms. The van der Waals surface area contributed by atoms with Gasteiger partial charge in [-0.1, -0.05) is 34.8 Å². The molecule has 3 aromatic rings. The van der Waals surface area contributed by atoms with Crippen molar-refractivity contribution >= 4 is 46.9 Å². The molecule has 0 radical (unpaired) electrons. The van der Waals surface area contributed by atoms with Crippen LogP contribution in [0.5, 0.6) is 17.2 Å². The van der Waals surface area contributed by atoms with Crippen molar-refractivity contribution in [1.29, 1.82) is 0 Å². The fraction of sp³-hybridized carbons (Fsp3) is 0.200. The van der Waals surface area contributed by atoms with Crippen molar-refractivity contribution in [3.63, 3.8) is 0 Å². The van der Waals surface area contributed by atoms with Crippen LogP contribution in [0.1, 0.15) is 34.0 Å². The molecule has 0 fully saturated rings. The molecule has 2 N–H and O–H groups in total. The highest BCUT2D eigenvalue weighted by molar-refractivity contribution is 6.33. The Hall–Kier alpha value is -3.13. The van der Waals surface area contributed by atoms with Crippen LogP contribution >= 0.6 is 34.8 Å². The molecule has 1 aliphatic heterocycles. The van der Waals surface area contributed by atoms with Crippen LogP contribution in [0.15, 0.2) is 54.6 Å². The van der Waals surface area contributed by atoms with Crippen molar-refractivity contribution in [2.45, 2.75) is 18.9 Å². The number of ether oxygens (including phenoxy) is 3. The molecule has 0 spiro atoms. The van der Waals surface area contributed by atoms with Crippen LogP contribution in [0.2, 0.25) is 15.1 Å². The van der Waals surface area contributed by atoms with Gasteiger partial charge in [-0.05, 0) is 60.5 Å². The molecular weight excluding hydrogens is 517 g/mol. The van der Waals surface area contributed by atoms with Crippen molar-refractivity contribution in [2.75, 3.05) is 13.2 Å². The number of fused-ring (bicyclic) bond motifs is 1. The monoisotopic (exact) mass is 535 g/mol. The fourth-order valence-electron chi connectivity index (χ4n) is 3.63. The van der Waals surface area contributed by atoms with Crippen LogP contribution in [-0.2, 0) is 11.2 Å². The minimum Gasteiger partial charge on any atom is -0.493 e. The summed E-state index contributed by atoms with van der Waals surface area (Å²) in [6.45, 7) is 0.702. The normalized spacial score (nSPS) is 14.4. The van der Waals surface area contributed by atoms with Gasteiger partial charge in [0.25, 0.3) is 5.91 Å². The summed E-state index contributed by atoms with van der Waals surface area (Å²) >= 11 is 18.5. The van der Waals surface area contributed by atoms with Crippen molar-refractivity contribution in [3.8, 4) is 17.2 Å². The number of amides is 1. The highest BCUT2D eigenvalue weighted by Crippen LogP contribution is 2.42. The Kier molecular flexibility index (Phi) is 7.90. The van der Waals surface area contributed by atoms with Gasteiger partial charge < -0.3 is 24.6 Å². The minimum absolute atomic E-state index is 0.237. The van der Waals surface area contributed by atoms with Gasteiger partial charge in [0.1, 0.15) is 23.4 Å². The summed E-state index contributed by atoms with van der Waals surface area (Å²) in [7, 11) is 0. The first-order valence-corrected chi connectivity index (χ1v) is 11.8. The Morgan fingerprint density at radius 3 is 2.54 bits per heavy atom. The average Bonchev–Trinajstić information content (AvgIpc) is 2.82. The van der Waals surface area contributed by atoms with E-state index < -0.39 is 12.3 Å². The molecule has 7 nitrogen and oxygen atoms in total. The maximum atomic E-state index is 12.5. The number of carboxylic acid groups (broad SMARTS) is 1. The number of rotatable bonds is 7. The average molecular weight is 537 g/mol. The van der Waals surface area contributed by atoms with Gasteiger partial charge in [0.2, 0.25) is 0 Å². The first kappa shape index (κ1) is 25.0. The lowest BCUT2D eigenvalue weighted by Crippen LogP contribution is -2.25. The van der Waals surface area contributed by atoms with Crippen LogP contribution in [-0.4, -0.2) is 30.3 Å². The van der Waals surface area contributed by atoms with E-state index in [1.54, 1.807) is 54.6 Å². The maximum Gasteiger partial charge on any atom is 0.506 e. The Morgan fingerprint density at radius 2 is 1.80 bits per heavy atom. The van der Waals surface area contributed by atoms with Crippen LogP contribution < -0.4 is 14.8 Å². The molecule has 3 aromatic carbocycles. The van der Waals surface area contributed by atoms with Crippen molar-refractivity contribution in [1.82, 2.24) is 5.32 Å². The Bertz CT molecular complexity index is 1250. The lowest BCUT2D eigenvalue weighted by molar-refractivity contribution is 0.0326. The predicted molar refractivity (Wildman–Crippen MR) is 132 cm³/mol. The standard InChI is InChI=1S/C25H20Cl3NO6/c26-16-3-6-19(27)15(11-16)7-9-29-24(30)14-1-4-17(5-2-14)34-23-13-22-18(12-20(23)28)21(8-10-33-22)35-25(31)32/h1-6,11-13,21H,7-10H2,(H,29,30)(H,31,32). The Labute approximate surface area is 216 Å². The van der Waals surface area contributed by atoms with Crippen LogP contribution in [0.4, 0.5) is 4.79 Å². The zero-order valence-electron chi connectivity index (χ0n) is 18.2. The van der Waals surface area contributed by atoms with Gasteiger partial charge in [0, 0.05) is 40.2 Å². The fourth-order valence-corrected chi connectivity index (χ4v) is 4.25. The van der Waals surface area contributed by atoms with Crippen molar-refractivity contribution in [2.24, 2.45) is 0 Å². The Balaban J connectivity index is 1.38. The first-order chi connectivity index (χ1) is 16.8. The number of nitrogens with one attached hydrogen (secondary N) is 1. The summed E-state index contributed by atoms with van der Waals surface area (Å²) in [6.07, 6.45) is -1.08. The van der Waals surface area contributed by atoms with Crippen molar-refractivity contribution < 1.29 is 28.9 Å². The van der Waals surface area contributed by atoms with Gasteiger partial charge in [-0.2, -0.15) is 0 Å². The molecule has 35 heavy (non-hydrogen) atoms. The van der Waals surface area contributed by atoms with E-state index in [0.29, 0.717) is 64.4 Å². The highest BCUT2D eigenvalue weighted by Gasteiger charge is 2.27. The number of carbonyl (C=O) groups excluding carboxylic acids is 1. The number of hydrogen-bond acceptors (Lipinski definition) is 5. The molecule has 4 rings (SSSR count). The molecule has 1 unspecified atom stereocenters. The third-order valence-corrected chi connectivity index (χ3v) is 6.22. The molecule has 182 valence electrons. The van der Waals surface area contributed by atoms with E-state index in [0.717, 1.165) is 5.56 Å². The van der Waals surface area contributed by atoms with E-state index in [2.05, 4.69) is 5.32 Å². The topological polar surface area (TPSA) is 94.1 Å². The third-order valence-electron chi connectivity index (χ3n) is 5.32. The SMILES string of the molecule is O=C(O)OC1CCOc2cc(Oc3ccc(C(=O)NCCc4cc(Cl)ccc4Cl)cc3)c(Cl)cc21. The largest absolute Gasteiger partial charge is 0.506 e. The first-order valence-electron chi connectivity index (χ1n) is 10.7. The quantitative estimate of drug-likeness (QED) is 0.318. The predicted octanol–water partition coefficient (Wildman–Crippen LogP) is 6.93. The van der Waals surface area contributed by atoms with Gasteiger partial charge in [-0.25, -0.2) is 4.79 Å². The van der Waals surface area contributed by atoms with E-state index in [9.17, 15) is 9.59 Å². The van der Waals surface area contributed by atoms with E-state index >= 15 is 0 Å². The summed E-state index contributed by atoms with van der Waals surface area (Å²) in [6, 6.07) is 15.0. The Morgan fingerprint density at radius 1 is 1.03 bits per heavy atom. The summed E-state index contributed by atoms with van der Waals surface area (Å²) in [4.78, 5) is 23.4. The van der Waals surface area contributed by atoms with Gasteiger partial charge >= 0.3 is 6.16 Å². The second-order valence-electron chi connectivity index (χ2n) is 7.70. The van der Waals surface area contributed by atoms with Gasteiger partial charge in [0.05, 0.1) is 11.6 Å². The number of halogens is 3. The van der Waals surface area contributed by atoms with Crippen molar-refractivity contribution in [3.05, 3.63) is 86.4 Å². The summed E-state index contributed by atoms with van der Waals surface area (Å²) < 4.78 is 16.4. The summed E-state index contributed by atoms with van der Waals surface area (Å²) in [5.41, 5.74) is 1.86. The lowest BCUT2D eigenvalue weighted by Gasteiger charge is -2.25. The zero-order valence-corrected chi connectivity index (χ0v) is 20.5. The second kappa shape index (κ2) is 11.1. The second-order valence-corrected chi connectivity index (χ2v) is 8.95. The molecule has 1 heterocycles. The molecule has 1 atom stereocenters. The number of carbonyl (C=O) groups is 2. The van der Waals surface area contributed by atoms with E-state index in [1.807, 2.05) is 0 Å². The van der Waals surface area contributed by atoms with Crippen LogP contribution in [0, 0.1) is 0 Å². The summed E-state index contributed by atoms with van der Waals surface area (Å²) in [5.74, 6) is 0.998. The molecule has 0 saturated carbocycles. The van der Waals surface area contributed by atoms with E-state index in [-0.39, 0.29) is 10.9 Å². The molecule has 1 aliphatic rings. The molecule has 1 amide bonds. The van der Waals surface area contributed by atoms with Gasteiger partial charge in [-0.15, -0.1) is 0 Å². The maximum absolute atomic E-state index is 12.5. The molecule has 0 aromatic heterocycles. The summed E-state index contributed by atoms with van der Waals surface area (Å²) in [5, 5.41) is 13.2. The van der Waals surface area contributed by atoms with E-state index in [4.69, 9.17) is 54.1 Å². The third kappa shape index (κ3) is 6.31. The minimum atomic E-state index is -1.36. The zero-order chi connectivity index (χ0) is 24.9. The number of hydrogen-bond donors (Lipinski definition) is 2. The molecule has 0 aliphatic carbocycles. The van der Waals surface area contributed by atoms with Crippen LogP contribution in [0.25, 0.3) is 0 Å². The number of benzene rings is 3. The molecular formula is C25H20Cl3NO6. The highest BCUT2D eigenvalue weighted by atomic mass is 35.5. The smallest absolute Gasteiger partial charge is 0.493 e. The molecule has 0 bridgehead atoms. The van der Waals surface area contributed by atoms with Gasteiger partial charge in [-0.3, -0.25) is 4.79 Å². The van der Waals surface area contributed by atoms with Gasteiger partial charge in [0.15, 0.2) is 0 Å². The van der Waals surface area contributed by atoms with E-state index in [1.165, 1.54) is 0 Å². The molecule has 0 saturated heterocycles.